The van der Waals surface area contributed by atoms with E-state index in [0.29, 0.717) is 22.9 Å². The minimum absolute atomic E-state index is 0.0778. The first-order chi connectivity index (χ1) is 13.1. The molecule has 9 nitrogen and oxygen atoms in total. The SMILES string of the molecule is Cc1cc(NC(=O)c2cc(C(=O)Nc3ccc4c(c3)OCO4)ccn2)no1. The number of fused-ring (bicyclic) bond motifs is 1. The van der Waals surface area contributed by atoms with Gasteiger partial charge in [0, 0.05) is 29.6 Å². The predicted molar refractivity (Wildman–Crippen MR) is 93.9 cm³/mol. The van der Waals surface area contributed by atoms with Gasteiger partial charge in [-0.25, -0.2) is 0 Å². The average Bonchev–Trinajstić information content (AvgIpc) is 3.30. The van der Waals surface area contributed by atoms with E-state index < -0.39 is 5.91 Å². The van der Waals surface area contributed by atoms with Gasteiger partial charge in [-0.2, -0.15) is 0 Å². The fourth-order valence-electron chi connectivity index (χ4n) is 2.48. The monoisotopic (exact) mass is 366 g/mol. The van der Waals surface area contributed by atoms with Gasteiger partial charge >= 0.3 is 0 Å². The van der Waals surface area contributed by atoms with E-state index in [0.717, 1.165) is 0 Å². The van der Waals surface area contributed by atoms with E-state index in [-0.39, 0.29) is 29.8 Å². The molecule has 2 amide bonds. The summed E-state index contributed by atoms with van der Waals surface area (Å²) < 4.78 is 15.4. The maximum atomic E-state index is 12.5. The summed E-state index contributed by atoms with van der Waals surface area (Å²) in [4.78, 5) is 28.7. The summed E-state index contributed by atoms with van der Waals surface area (Å²) in [5.41, 5.74) is 0.906. The minimum atomic E-state index is -0.499. The van der Waals surface area contributed by atoms with Crippen LogP contribution < -0.4 is 20.1 Å². The number of nitrogens with zero attached hydrogens (tertiary/aromatic N) is 2. The van der Waals surface area contributed by atoms with Gasteiger partial charge in [0.05, 0.1) is 0 Å². The molecule has 1 aromatic carbocycles. The number of benzene rings is 1. The Balaban J connectivity index is 1.48. The third-order valence-electron chi connectivity index (χ3n) is 3.75. The number of carbonyl (C=O) groups is 2. The first-order valence-corrected chi connectivity index (χ1v) is 8.00. The van der Waals surface area contributed by atoms with Crippen molar-refractivity contribution in [3.05, 3.63) is 59.6 Å². The van der Waals surface area contributed by atoms with E-state index in [4.69, 9.17) is 14.0 Å². The van der Waals surface area contributed by atoms with Gasteiger partial charge < -0.3 is 24.6 Å². The molecule has 0 aliphatic carbocycles. The number of ether oxygens (including phenoxy) is 2. The number of aryl methyl sites for hydroxylation is 1. The molecule has 0 atom stereocenters. The fourth-order valence-corrected chi connectivity index (χ4v) is 2.48. The van der Waals surface area contributed by atoms with Gasteiger partial charge in [-0.3, -0.25) is 14.6 Å². The Bertz CT molecular complexity index is 1030. The molecule has 1 aliphatic heterocycles. The second kappa shape index (κ2) is 6.79. The van der Waals surface area contributed by atoms with Crippen LogP contribution in [-0.4, -0.2) is 28.7 Å². The van der Waals surface area contributed by atoms with E-state index in [1.807, 2.05) is 0 Å². The highest BCUT2D eigenvalue weighted by atomic mass is 16.7. The van der Waals surface area contributed by atoms with Gasteiger partial charge in [-0.15, -0.1) is 0 Å². The zero-order valence-electron chi connectivity index (χ0n) is 14.2. The summed E-state index contributed by atoms with van der Waals surface area (Å²) >= 11 is 0. The van der Waals surface area contributed by atoms with Crippen LogP contribution >= 0.6 is 0 Å². The number of hydrogen-bond acceptors (Lipinski definition) is 7. The Hall–Kier alpha value is -3.88. The van der Waals surface area contributed by atoms with Gasteiger partial charge in [0.2, 0.25) is 6.79 Å². The molecule has 2 N–H and O–H groups in total. The van der Waals surface area contributed by atoms with Crippen LogP contribution in [0.3, 0.4) is 0 Å². The first kappa shape index (κ1) is 16.6. The molecule has 4 rings (SSSR count). The lowest BCUT2D eigenvalue weighted by atomic mass is 10.2. The molecule has 0 spiro atoms. The fraction of sp³-hybridized carbons (Fsp3) is 0.111. The summed E-state index contributed by atoms with van der Waals surface area (Å²) in [6, 6.07) is 9.57. The van der Waals surface area contributed by atoms with Crippen LogP contribution in [0.4, 0.5) is 11.5 Å². The summed E-state index contributed by atoms with van der Waals surface area (Å²) in [6.07, 6.45) is 1.39. The Kier molecular flexibility index (Phi) is 4.17. The van der Waals surface area contributed by atoms with Crippen molar-refractivity contribution in [3.8, 4) is 11.5 Å². The quantitative estimate of drug-likeness (QED) is 0.729. The van der Waals surface area contributed by atoms with Crippen molar-refractivity contribution in [2.75, 3.05) is 17.4 Å². The lowest BCUT2D eigenvalue weighted by molar-refractivity contribution is 0.102. The van der Waals surface area contributed by atoms with Gasteiger partial charge in [-0.1, -0.05) is 5.16 Å². The van der Waals surface area contributed by atoms with Crippen molar-refractivity contribution in [3.63, 3.8) is 0 Å². The van der Waals surface area contributed by atoms with Crippen LogP contribution in [0, 0.1) is 6.92 Å². The molecule has 3 heterocycles. The number of aromatic nitrogens is 2. The van der Waals surface area contributed by atoms with Crippen LogP contribution in [0.15, 0.2) is 47.1 Å². The number of amides is 2. The standard InChI is InChI=1S/C18H14N4O5/c1-10-6-16(22-27-10)21-18(24)13-7-11(4-5-19-13)17(23)20-12-2-3-14-15(8-12)26-9-25-14/h2-8H,9H2,1H3,(H,20,23)(H,21,22,24). The highest BCUT2D eigenvalue weighted by Crippen LogP contribution is 2.34. The van der Waals surface area contributed by atoms with Crippen LogP contribution in [0.5, 0.6) is 11.5 Å². The van der Waals surface area contributed by atoms with Crippen molar-refractivity contribution >= 4 is 23.3 Å². The van der Waals surface area contributed by atoms with Gasteiger partial charge in [0.15, 0.2) is 17.3 Å². The maximum Gasteiger partial charge on any atom is 0.275 e. The van der Waals surface area contributed by atoms with E-state index in [1.54, 1.807) is 31.2 Å². The Labute approximate surface area is 153 Å². The average molecular weight is 366 g/mol. The van der Waals surface area contributed by atoms with Gasteiger partial charge in [-0.05, 0) is 31.2 Å². The molecular weight excluding hydrogens is 352 g/mol. The summed E-state index contributed by atoms with van der Waals surface area (Å²) in [5.74, 6) is 1.14. The van der Waals surface area contributed by atoms with Crippen LogP contribution in [-0.2, 0) is 0 Å². The Morgan fingerprint density at radius 3 is 2.67 bits per heavy atom. The van der Waals surface area contributed by atoms with Crippen LogP contribution in [0.1, 0.15) is 26.6 Å². The second-order valence-corrected chi connectivity index (χ2v) is 5.73. The molecule has 3 aromatic rings. The van der Waals surface area contributed by atoms with Crippen LogP contribution in [0.2, 0.25) is 0 Å². The molecule has 0 unspecified atom stereocenters. The molecule has 9 heteroatoms. The minimum Gasteiger partial charge on any atom is -0.454 e. The number of anilines is 2. The number of rotatable bonds is 4. The van der Waals surface area contributed by atoms with Crippen molar-refractivity contribution in [1.29, 1.82) is 0 Å². The number of nitrogens with one attached hydrogen (secondary N) is 2. The zero-order chi connectivity index (χ0) is 18.8. The second-order valence-electron chi connectivity index (χ2n) is 5.73. The van der Waals surface area contributed by atoms with E-state index >= 15 is 0 Å². The molecule has 0 fully saturated rings. The molecule has 0 bridgehead atoms. The number of hydrogen-bond donors (Lipinski definition) is 2. The summed E-state index contributed by atoms with van der Waals surface area (Å²) in [7, 11) is 0. The molecule has 136 valence electrons. The van der Waals surface area contributed by atoms with Crippen molar-refractivity contribution < 1.29 is 23.6 Å². The number of pyridine rings is 1. The van der Waals surface area contributed by atoms with Crippen molar-refractivity contribution in [1.82, 2.24) is 10.1 Å². The molecule has 1 aliphatic rings. The van der Waals surface area contributed by atoms with Crippen LogP contribution in [0.25, 0.3) is 0 Å². The third kappa shape index (κ3) is 3.56. The van der Waals surface area contributed by atoms with E-state index in [2.05, 4.69) is 20.8 Å². The largest absolute Gasteiger partial charge is 0.454 e. The smallest absolute Gasteiger partial charge is 0.275 e. The highest BCUT2D eigenvalue weighted by molar-refractivity contribution is 6.07. The maximum absolute atomic E-state index is 12.5. The van der Waals surface area contributed by atoms with Gasteiger partial charge in [0.25, 0.3) is 11.8 Å². The Morgan fingerprint density at radius 1 is 1.00 bits per heavy atom. The molecule has 0 saturated carbocycles. The zero-order valence-corrected chi connectivity index (χ0v) is 14.2. The van der Waals surface area contributed by atoms with E-state index in [1.165, 1.54) is 18.3 Å². The molecule has 0 radical (unpaired) electrons. The molecule has 2 aromatic heterocycles. The lowest BCUT2D eigenvalue weighted by Crippen LogP contribution is -2.17. The number of carbonyl (C=O) groups excluding carboxylic acids is 2. The topological polar surface area (TPSA) is 116 Å². The first-order valence-electron chi connectivity index (χ1n) is 8.00. The summed E-state index contributed by atoms with van der Waals surface area (Å²) in [6.45, 7) is 1.86. The van der Waals surface area contributed by atoms with Crippen molar-refractivity contribution in [2.45, 2.75) is 6.92 Å². The molecule has 27 heavy (non-hydrogen) atoms. The molecular formula is C18H14N4O5. The lowest BCUT2D eigenvalue weighted by Gasteiger charge is -2.07. The van der Waals surface area contributed by atoms with E-state index in [9.17, 15) is 9.59 Å². The highest BCUT2D eigenvalue weighted by Gasteiger charge is 2.16. The predicted octanol–water partition coefficient (Wildman–Crippen LogP) is 2.61. The molecule has 0 saturated heterocycles. The Morgan fingerprint density at radius 2 is 1.85 bits per heavy atom. The van der Waals surface area contributed by atoms with Crippen molar-refractivity contribution in [2.24, 2.45) is 0 Å². The normalized spacial score (nSPS) is 11.9. The summed E-state index contributed by atoms with van der Waals surface area (Å²) in [5, 5.41) is 8.99. The third-order valence-corrected chi connectivity index (χ3v) is 3.75. The van der Waals surface area contributed by atoms with Gasteiger partial charge in [0.1, 0.15) is 11.5 Å².